The SMILES string of the molecule is COCCNc1cc(-c2ccncc2)nc(-c2ccccc2)n1. The molecule has 0 spiro atoms. The van der Waals surface area contributed by atoms with Crippen molar-refractivity contribution >= 4 is 5.82 Å². The van der Waals surface area contributed by atoms with Crippen molar-refractivity contribution in [2.24, 2.45) is 0 Å². The molecule has 2 heterocycles. The first-order chi connectivity index (χ1) is 11.4. The highest BCUT2D eigenvalue weighted by atomic mass is 16.5. The number of nitrogens with zero attached hydrogens (tertiary/aromatic N) is 3. The van der Waals surface area contributed by atoms with Crippen LogP contribution in [0.3, 0.4) is 0 Å². The smallest absolute Gasteiger partial charge is 0.162 e. The third-order valence-electron chi connectivity index (χ3n) is 3.35. The molecule has 5 heteroatoms. The van der Waals surface area contributed by atoms with Crippen LogP contribution in [0.5, 0.6) is 0 Å². The number of benzene rings is 1. The van der Waals surface area contributed by atoms with Gasteiger partial charge in [-0.2, -0.15) is 0 Å². The number of pyridine rings is 1. The minimum atomic E-state index is 0.620. The summed E-state index contributed by atoms with van der Waals surface area (Å²) in [5.74, 6) is 1.47. The molecule has 0 fully saturated rings. The van der Waals surface area contributed by atoms with Gasteiger partial charge in [0.25, 0.3) is 0 Å². The van der Waals surface area contributed by atoms with Crippen LogP contribution < -0.4 is 5.32 Å². The Balaban J connectivity index is 2.00. The number of hydrogen-bond acceptors (Lipinski definition) is 5. The summed E-state index contributed by atoms with van der Waals surface area (Å²) in [7, 11) is 1.68. The van der Waals surface area contributed by atoms with E-state index in [1.165, 1.54) is 0 Å². The molecular weight excluding hydrogens is 288 g/mol. The number of rotatable bonds is 6. The Hall–Kier alpha value is -2.79. The summed E-state index contributed by atoms with van der Waals surface area (Å²) in [6.07, 6.45) is 3.52. The average Bonchev–Trinajstić information content (AvgIpc) is 2.63. The van der Waals surface area contributed by atoms with Crippen LogP contribution in [0.15, 0.2) is 60.9 Å². The largest absolute Gasteiger partial charge is 0.383 e. The van der Waals surface area contributed by atoms with Gasteiger partial charge < -0.3 is 10.1 Å². The Morgan fingerprint density at radius 2 is 1.74 bits per heavy atom. The highest BCUT2D eigenvalue weighted by Gasteiger charge is 2.08. The number of aromatic nitrogens is 3. The molecule has 1 N–H and O–H groups in total. The maximum Gasteiger partial charge on any atom is 0.162 e. The van der Waals surface area contributed by atoms with Gasteiger partial charge in [-0.25, -0.2) is 9.97 Å². The van der Waals surface area contributed by atoms with Gasteiger partial charge in [0.05, 0.1) is 12.3 Å². The molecule has 0 amide bonds. The molecule has 0 aliphatic carbocycles. The molecule has 0 bridgehead atoms. The van der Waals surface area contributed by atoms with Crippen LogP contribution >= 0.6 is 0 Å². The van der Waals surface area contributed by atoms with Crippen LogP contribution in [0.1, 0.15) is 0 Å². The predicted octanol–water partition coefficient (Wildman–Crippen LogP) is 3.26. The summed E-state index contributed by atoms with van der Waals surface area (Å²) < 4.78 is 5.08. The summed E-state index contributed by atoms with van der Waals surface area (Å²) in [6, 6.07) is 15.8. The lowest BCUT2D eigenvalue weighted by atomic mass is 10.1. The van der Waals surface area contributed by atoms with E-state index in [-0.39, 0.29) is 0 Å². The molecule has 0 unspecified atom stereocenters. The van der Waals surface area contributed by atoms with Crippen molar-refractivity contribution in [2.45, 2.75) is 0 Å². The second-order valence-corrected chi connectivity index (χ2v) is 4.98. The van der Waals surface area contributed by atoms with Gasteiger partial charge in [-0.1, -0.05) is 30.3 Å². The average molecular weight is 306 g/mol. The zero-order valence-electron chi connectivity index (χ0n) is 12.9. The number of hydrogen-bond donors (Lipinski definition) is 1. The fraction of sp³-hybridized carbons (Fsp3) is 0.167. The van der Waals surface area contributed by atoms with E-state index in [0.717, 1.165) is 22.6 Å². The molecule has 116 valence electrons. The Kier molecular flexibility index (Phi) is 4.91. The van der Waals surface area contributed by atoms with Gasteiger partial charge in [0.1, 0.15) is 5.82 Å². The highest BCUT2D eigenvalue weighted by molar-refractivity contribution is 5.67. The van der Waals surface area contributed by atoms with Gasteiger partial charge in [-0.3, -0.25) is 4.98 Å². The second-order valence-electron chi connectivity index (χ2n) is 4.98. The van der Waals surface area contributed by atoms with Gasteiger partial charge in [0.15, 0.2) is 5.82 Å². The van der Waals surface area contributed by atoms with Gasteiger partial charge in [-0.15, -0.1) is 0 Å². The van der Waals surface area contributed by atoms with Crippen molar-refractivity contribution in [1.29, 1.82) is 0 Å². The minimum absolute atomic E-state index is 0.620. The number of nitrogens with one attached hydrogen (secondary N) is 1. The fourth-order valence-electron chi connectivity index (χ4n) is 2.21. The van der Waals surface area contributed by atoms with E-state index in [2.05, 4.69) is 15.3 Å². The van der Waals surface area contributed by atoms with E-state index >= 15 is 0 Å². The maximum atomic E-state index is 5.08. The standard InChI is InChI=1S/C18H18N4O/c1-23-12-11-20-17-13-16(14-7-9-19-10-8-14)21-18(22-17)15-5-3-2-4-6-15/h2-10,13H,11-12H2,1H3,(H,20,21,22). The van der Waals surface area contributed by atoms with Crippen molar-refractivity contribution in [1.82, 2.24) is 15.0 Å². The lowest BCUT2D eigenvalue weighted by molar-refractivity contribution is 0.210. The van der Waals surface area contributed by atoms with E-state index in [4.69, 9.17) is 9.72 Å². The normalized spacial score (nSPS) is 10.5. The van der Waals surface area contributed by atoms with Crippen LogP contribution in [-0.4, -0.2) is 35.2 Å². The molecule has 23 heavy (non-hydrogen) atoms. The second kappa shape index (κ2) is 7.47. The Morgan fingerprint density at radius 1 is 0.957 bits per heavy atom. The quantitative estimate of drug-likeness (QED) is 0.708. The first kappa shape index (κ1) is 15.1. The fourth-order valence-corrected chi connectivity index (χ4v) is 2.21. The van der Waals surface area contributed by atoms with Crippen molar-refractivity contribution < 1.29 is 4.74 Å². The Bertz CT molecular complexity index is 690. The van der Waals surface area contributed by atoms with Crippen molar-refractivity contribution in [3.05, 3.63) is 60.9 Å². The summed E-state index contributed by atoms with van der Waals surface area (Å²) in [5.41, 5.74) is 2.86. The highest BCUT2D eigenvalue weighted by Crippen LogP contribution is 2.23. The van der Waals surface area contributed by atoms with Gasteiger partial charge in [0.2, 0.25) is 0 Å². The zero-order chi connectivity index (χ0) is 15.9. The van der Waals surface area contributed by atoms with Crippen LogP contribution in [0.4, 0.5) is 5.82 Å². The first-order valence-corrected chi connectivity index (χ1v) is 7.44. The molecule has 1 aromatic carbocycles. The lowest BCUT2D eigenvalue weighted by Crippen LogP contribution is -2.09. The number of methoxy groups -OCH3 is 1. The molecule has 0 saturated heterocycles. The maximum absolute atomic E-state index is 5.08. The third kappa shape index (κ3) is 3.90. The predicted molar refractivity (Wildman–Crippen MR) is 91.1 cm³/mol. The lowest BCUT2D eigenvalue weighted by Gasteiger charge is -2.10. The third-order valence-corrected chi connectivity index (χ3v) is 3.35. The van der Waals surface area contributed by atoms with Crippen molar-refractivity contribution in [2.75, 3.05) is 25.6 Å². The topological polar surface area (TPSA) is 59.9 Å². The molecule has 2 aromatic heterocycles. The Labute approximate surface area is 135 Å². The summed E-state index contributed by atoms with van der Waals surface area (Å²) >= 11 is 0. The van der Waals surface area contributed by atoms with Crippen molar-refractivity contribution in [3.8, 4) is 22.6 Å². The van der Waals surface area contributed by atoms with Gasteiger partial charge >= 0.3 is 0 Å². The molecule has 0 atom stereocenters. The molecule has 0 aliphatic heterocycles. The van der Waals surface area contributed by atoms with Gasteiger partial charge in [-0.05, 0) is 12.1 Å². The number of anilines is 1. The molecule has 3 aromatic rings. The summed E-state index contributed by atoms with van der Waals surface area (Å²) in [6.45, 7) is 1.31. The van der Waals surface area contributed by atoms with Crippen LogP contribution in [0.2, 0.25) is 0 Å². The summed E-state index contributed by atoms with van der Waals surface area (Å²) in [4.78, 5) is 13.4. The summed E-state index contributed by atoms with van der Waals surface area (Å²) in [5, 5.41) is 3.27. The van der Waals surface area contributed by atoms with Crippen molar-refractivity contribution in [3.63, 3.8) is 0 Å². The monoisotopic (exact) mass is 306 g/mol. The van der Waals surface area contributed by atoms with E-state index in [1.54, 1.807) is 19.5 Å². The van der Waals surface area contributed by atoms with E-state index in [9.17, 15) is 0 Å². The Morgan fingerprint density at radius 3 is 2.48 bits per heavy atom. The van der Waals surface area contributed by atoms with E-state index in [0.29, 0.717) is 19.0 Å². The van der Waals surface area contributed by atoms with Gasteiger partial charge in [0, 0.05) is 43.2 Å². The minimum Gasteiger partial charge on any atom is -0.383 e. The van der Waals surface area contributed by atoms with Crippen LogP contribution in [0.25, 0.3) is 22.6 Å². The van der Waals surface area contributed by atoms with E-state index < -0.39 is 0 Å². The van der Waals surface area contributed by atoms with Crippen LogP contribution in [0, 0.1) is 0 Å². The zero-order valence-corrected chi connectivity index (χ0v) is 12.9. The number of ether oxygens (including phenoxy) is 1. The molecule has 0 radical (unpaired) electrons. The first-order valence-electron chi connectivity index (χ1n) is 7.44. The van der Waals surface area contributed by atoms with Crippen LogP contribution in [-0.2, 0) is 4.74 Å². The molecule has 3 rings (SSSR count). The van der Waals surface area contributed by atoms with E-state index in [1.807, 2.05) is 48.5 Å². The molecule has 0 aliphatic rings. The molecule has 0 saturated carbocycles. The molecular formula is C18H18N4O. The molecule has 5 nitrogen and oxygen atoms in total.